The third-order valence-corrected chi connectivity index (χ3v) is 4.68. The molecule has 1 radical (unpaired) electrons. The monoisotopic (exact) mass is 432 g/mol. The van der Waals surface area contributed by atoms with Crippen molar-refractivity contribution in [3.8, 4) is 11.1 Å². The van der Waals surface area contributed by atoms with Crippen LogP contribution in [0.1, 0.15) is 10.5 Å². The molecule has 4 rings (SSSR count). The topological polar surface area (TPSA) is 50.2 Å². The van der Waals surface area contributed by atoms with E-state index in [0.29, 0.717) is 5.52 Å². The first-order chi connectivity index (χ1) is 11.6. The Bertz CT molecular complexity index is 1110. The molecule has 1 aromatic heterocycles. The van der Waals surface area contributed by atoms with E-state index in [0.717, 1.165) is 30.9 Å². The summed E-state index contributed by atoms with van der Waals surface area (Å²) in [6, 6.07) is 21.8. The number of rotatable bonds is 2. The number of pyridine rings is 1. The SMILES string of the molecule is O=C(O)c1ccc2cc(I)cc(-c3cccc4ccccc34)c2n1.[Li]. The van der Waals surface area contributed by atoms with Crippen LogP contribution in [0.2, 0.25) is 0 Å². The number of aromatic carboxylic acids is 1. The van der Waals surface area contributed by atoms with Gasteiger partial charge < -0.3 is 5.11 Å². The quantitative estimate of drug-likeness (QED) is 0.359. The van der Waals surface area contributed by atoms with Gasteiger partial charge in [-0.3, -0.25) is 0 Å². The van der Waals surface area contributed by atoms with Gasteiger partial charge in [0.15, 0.2) is 0 Å². The van der Waals surface area contributed by atoms with Crippen LogP contribution in [-0.2, 0) is 0 Å². The van der Waals surface area contributed by atoms with Crippen LogP contribution in [0, 0.1) is 3.57 Å². The number of carboxylic acid groups (broad SMARTS) is 1. The normalized spacial score (nSPS) is 10.6. The molecule has 0 saturated carbocycles. The van der Waals surface area contributed by atoms with Crippen molar-refractivity contribution in [3.05, 3.63) is 76.0 Å². The van der Waals surface area contributed by atoms with Crippen LogP contribution < -0.4 is 0 Å². The summed E-state index contributed by atoms with van der Waals surface area (Å²) >= 11 is 2.28. The second kappa shape index (κ2) is 7.17. The van der Waals surface area contributed by atoms with Crippen molar-refractivity contribution in [1.82, 2.24) is 4.98 Å². The summed E-state index contributed by atoms with van der Waals surface area (Å²) in [5.74, 6) is -1.01. The number of benzene rings is 3. The molecular weight excluding hydrogens is 420 g/mol. The summed E-state index contributed by atoms with van der Waals surface area (Å²) in [4.78, 5) is 15.7. The van der Waals surface area contributed by atoms with E-state index in [-0.39, 0.29) is 24.6 Å². The molecule has 1 heterocycles. The van der Waals surface area contributed by atoms with Gasteiger partial charge >= 0.3 is 5.97 Å². The van der Waals surface area contributed by atoms with Crippen LogP contribution >= 0.6 is 22.6 Å². The molecule has 4 aromatic rings. The fourth-order valence-corrected chi connectivity index (χ4v) is 3.63. The van der Waals surface area contributed by atoms with Gasteiger partial charge in [-0.15, -0.1) is 0 Å². The molecule has 0 saturated heterocycles. The molecule has 0 spiro atoms. The summed E-state index contributed by atoms with van der Waals surface area (Å²) in [7, 11) is 0. The number of aromatic nitrogens is 1. The molecule has 5 heteroatoms. The van der Waals surface area contributed by atoms with E-state index < -0.39 is 5.97 Å². The Morgan fingerprint density at radius 3 is 2.44 bits per heavy atom. The van der Waals surface area contributed by atoms with Gasteiger partial charge in [0.05, 0.1) is 5.52 Å². The number of hydrogen-bond acceptors (Lipinski definition) is 2. The summed E-state index contributed by atoms with van der Waals surface area (Å²) in [5.41, 5.74) is 2.79. The number of nitrogens with zero attached hydrogens (tertiary/aromatic N) is 1. The first-order valence-electron chi connectivity index (χ1n) is 7.45. The van der Waals surface area contributed by atoms with Crippen molar-refractivity contribution in [3.63, 3.8) is 0 Å². The summed E-state index contributed by atoms with van der Waals surface area (Å²) in [6.07, 6.45) is 0. The number of fused-ring (bicyclic) bond motifs is 2. The maximum Gasteiger partial charge on any atom is 0.354 e. The third-order valence-electron chi connectivity index (χ3n) is 4.06. The summed E-state index contributed by atoms with van der Waals surface area (Å²) in [6.45, 7) is 0. The summed E-state index contributed by atoms with van der Waals surface area (Å²) < 4.78 is 1.09. The van der Waals surface area contributed by atoms with Crippen molar-refractivity contribution < 1.29 is 9.90 Å². The van der Waals surface area contributed by atoms with E-state index in [1.807, 2.05) is 30.3 Å². The molecule has 0 unspecified atom stereocenters. The minimum Gasteiger partial charge on any atom is -0.477 e. The molecule has 3 nitrogen and oxygen atoms in total. The first kappa shape index (κ1) is 17.9. The zero-order valence-electron chi connectivity index (χ0n) is 13.5. The predicted molar refractivity (Wildman–Crippen MR) is 110 cm³/mol. The predicted octanol–water partition coefficient (Wildman–Crippen LogP) is 4.98. The van der Waals surface area contributed by atoms with Gasteiger partial charge in [0.25, 0.3) is 0 Å². The fourth-order valence-electron chi connectivity index (χ4n) is 2.98. The zero-order valence-corrected chi connectivity index (χ0v) is 15.7. The largest absolute Gasteiger partial charge is 0.477 e. The van der Waals surface area contributed by atoms with E-state index in [1.54, 1.807) is 6.07 Å². The van der Waals surface area contributed by atoms with Crippen LogP contribution in [0.3, 0.4) is 0 Å². The van der Waals surface area contributed by atoms with Crippen molar-refractivity contribution in [2.75, 3.05) is 0 Å². The van der Waals surface area contributed by atoms with Crippen LogP contribution in [-0.4, -0.2) is 34.9 Å². The minimum atomic E-state index is -1.01. The Kier molecular flexibility index (Phi) is 5.14. The van der Waals surface area contributed by atoms with Gasteiger partial charge in [-0.25, -0.2) is 9.78 Å². The van der Waals surface area contributed by atoms with Crippen LogP contribution in [0.4, 0.5) is 0 Å². The molecule has 0 fully saturated rings. The Labute approximate surface area is 170 Å². The molecule has 25 heavy (non-hydrogen) atoms. The van der Waals surface area contributed by atoms with Crippen molar-refractivity contribution in [2.45, 2.75) is 0 Å². The molecule has 0 bridgehead atoms. The molecule has 1 N–H and O–H groups in total. The molecule has 0 aliphatic carbocycles. The van der Waals surface area contributed by atoms with E-state index in [2.05, 4.69) is 57.9 Å². The van der Waals surface area contributed by atoms with E-state index >= 15 is 0 Å². The Morgan fingerprint density at radius 1 is 0.880 bits per heavy atom. The molecule has 117 valence electrons. The van der Waals surface area contributed by atoms with Gasteiger partial charge in [0, 0.05) is 33.4 Å². The van der Waals surface area contributed by atoms with Crippen molar-refractivity contribution >= 4 is 69.1 Å². The second-order valence-corrected chi connectivity index (χ2v) is 6.80. The Balaban J connectivity index is 0.00000182. The zero-order chi connectivity index (χ0) is 16.7. The maximum absolute atomic E-state index is 11.3. The van der Waals surface area contributed by atoms with Crippen LogP contribution in [0.25, 0.3) is 32.8 Å². The standard InChI is InChI=1S/C20H12INO2.Li/c21-14-10-13-8-9-18(20(23)24)22-19(13)17(11-14)16-7-3-5-12-4-1-2-6-15(12)16;/h1-11H,(H,23,24);. The van der Waals surface area contributed by atoms with Crippen LogP contribution in [0.5, 0.6) is 0 Å². The van der Waals surface area contributed by atoms with Crippen molar-refractivity contribution in [2.24, 2.45) is 0 Å². The first-order valence-corrected chi connectivity index (χ1v) is 8.53. The average Bonchev–Trinajstić information content (AvgIpc) is 2.60. The fraction of sp³-hybridized carbons (Fsp3) is 0. The van der Waals surface area contributed by atoms with E-state index in [1.165, 1.54) is 0 Å². The van der Waals surface area contributed by atoms with E-state index in [9.17, 15) is 9.90 Å². The molecule has 0 aliphatic rings. The number of carboxylic acids is 1. The smallest absolute Gasteiger partial charge is 0.354 e. The summed E-state index contributed by atoms with van der Waals surface area (Å²) in [5, 5.41) is 12.5. The van der Waals surface area contributed by atoms with E-state index in [4.69, 9.17) is 0 Å². The number of halogens is 1. The maximum atomic E-state index is 11.3. The molecule has 0 amide bonds. The van der Waals surface area contributed by atoms with Gasteiger partial charge in [0.2, 0.25) is 0 Å². The Morgan fingerprint density at radius 2 is 1.64 bits per heavy atom. The number of hydrogen-bond donors (Lipinski definition) is 1. The van der Waals surface area contributed by atoms with Gasteiger partial charge in [-0.1, -0.05) is 48.5 Å². The third kappa shape index (κ3) is 3.30. The van der Waals surface area contributed by atoms with Crippen molar-refractivity contribution in [1.29, 1.82) is 0 Å². The number of carbonyl (C=O) groups is 1. The Hall–Kier alpha value is -1.87. The van der Waals surface area contributed by atoms with Gasteiger partial charge in [-0.2, -0.15) is 0 Å². The van der Waals surface area contributed by atoms with Crippen LogP contribution in [0.15, 0.2) is 66.7 Å². The second-order valence-electron chi connectivity index (χ2n) is 5.55. The minimum absolute atomic E-state index is 0. The average molecular weight is 432 g/mol. The van der Waals surface area contributed by atoms with Gasteiger partial charge in [0.1, 0.15) is 5.69 Å². The molecular formula is C20H12ILiNO2. The van der Waals surface area contributed by atoms with Gasteiger partial charge in [-0.05, 0) is 57.1 Å². The molecule has 0 aliphatic heterocycles. The molecule has 3 aromatic carbocycles. The molecule has 0 atom stereocenters.